The van der Waals surface area contributed by atoms with E-state index in [1.54, 1.807) is 48.2 Å². The summed E-state index contributed by atoms with van der Waals surface area (Å²) in [6.07, 6.45) is 1.63. The molecule has 0 N–H and O–H groups in total. The molecule has 1 aromatic heterocycles. The van der Waals surface area contributed by atoms with E-state index in [2.05, 4.69) is 9.73 Å². The number of aromatic nitrogens is 1. The molecule has 0 fully saturated rings. The zero-order chi connectivity index (χ0) is 27.6. The lowest BCUT2D eigenvalue weighted by molar-refractivity contribution is -0.127. The minimum absolute atomic E-state index is 0.105. The van der Waals surface area contributed by atoms with Gasteiger partial charge in [0.05, 0.1) is 29.0 Å². The van der Waals surface area contributed by atoms with Gasteiger partial charge in [-0.05, 0) is 62.2 Å². The molecule has 2 aromatic carbocycles. The zero-order valence-corrected chi connectivity index (χ0v) is 22.8. The number of allylic oxidation sites excluding steroid dienone is 1. The van der Waals surface area contributed by atoms with Crippen LogP contribution in [-0.4, -0.2) is 42.2 Å². The number of rotatable bonds is 8. The molecule has 0 saturated carbocycles. The van der Waals surface area contributed by atoms with Crippen LogP contribution in [0.3, 0.4) is 0 Å². The molecular formula is C27H26ClF2N3O4S. The predicted octanol–water partition coefficient (Wildman–Crippen LogP) is 4.37. The maximum absolute atomic E-state index is 13.8. The van der Waals surface area contributed by atoms with Gasteiger partial charge in [0.2, 0.25) is 0 Å². The van der Waals surface area contributed by atoms with E-state index in [9.17, 15) is 18.4 Å². The van der Waals surface area contributed by atoms with Gasteiger partial charge in [-0.2, -0.15) is 8.78 Å². The Bertz CT molecular complexity index is 1560. The summed E-state index contributed by atoms with van der Waals surface area (Å²) >= 11 is 7.30. The molecule has 0 unspecified atom stereocenters. The molecule has 2 heterocycles. The van der Waals surface area contributed by atoms with Gasteiger partial charge in [0, 0.05) is 18.1 Å². The highest BCUT2D eigenvalue weighted by molar-refractivity contribution is 7.07. The van der Waals surface area contributed by atoms with Crippen molar-refractivity contribution in [2.45, 2.75) is 33.4 Å². The lowest BCUT2D eigenvalue weighted by Crippen LogP contribution is -2.43. The van der Waals surface area contributed by atoms with Gasteiger partial charge in [0.25, 0.3) is 11.5 Å². The third-order valence-electron chi connectivity index (χ3n) is 6.19. The topological polar surface area (TPSA) is 73.1 Å². The molecule has 0 bridgehead atoms. The molecule has 1 aliphatic heterocycles. The summed E-state index contributed by atoms with van der Waals surface area (Å²) in [5.41, 5.74) is 1.89. The van der Waals surface area contributed by atoms with Crippen molar-refractivity contribution in [1.29, 1.82) is 0 Å². The van der Waals surface area contributed by atoms with Crippen LogP contribution in [0.4, 0.5) is 8.78 Å². The van der Waals surface area contributed by atoms with Gasteiger partial charge < -0.3 is 14.4 Å². The van der Waals surface area contributed by atoms with Gasteiger partial charge in [0.15, 0.2) is 16.3 Å². The Balaban J connectivity index is 1.89. The molecule has 0 saturated heterocycles. The van der Waals surface area contributed by atoms with Crippen LogP contribution in [0.1, 0.15) is 37.9 Å². The zero-order valence-electron chi connectivity index (χ0n) is 21.2. The molecular weight excluding hydrogens is 536 g/mol. The van der Waals surface area contributed by atoms with Crippen molar-refractivity contribution in [3.8, 4) is 11.5 Å². The van der Waals surface area contributed by atoms with E-state index in [-0.39, 0.29) is 23.0 Å². The summed E-state index contributed by atoms with van der Waals surface area (Å²) in [6.45, 7) is 3.59. The van der Waals surface area contributed by atoms with E-state index in [1.807, 2.05) is 13.8 Å². The normalized spacial score (nSPS) is 15.4. The minimum Gasteiger partial charge on any atom is -0.493 e. The van der Waals surface area contributed by atoms with Crippen molar-refractivity contribution in [3.63, 3.8) is 0 Å². The number of methoxy groups -OCH3 is 1. The molecule has 11 heteroatoms. The van der Waals surface area contributed by atoms with Crippen molar-refractivity contribution < 1.29 is 23.0 Å². The summed E-state index contributed by atoms with van der Waals surface area (Å²) in [4.78, 5) is 34.2. The number of benzene rings is 2. The number of hydrogen-bond donors (Lipinski definition) is 0. The Kier molecular flexibility index (Phi) is 8.32. The van der Waals surface area contributed by atoms with Gasteiger partial charge >= 0.3 is 6.61 Å². The maximum Gasteiger partial charge on any atom is 0.387 e. The fourth-order valence-electron chi connectivity index (χ4n) is 4.36. The lowest BCUT2D eigenvalue weighted by Gasteiger charge is -2.29. The second-order valence-electron chi connectivity index (χ2n) is 8.40. The van der Waals surface area contributed by atoms with Crippen molar-refractivity contribution in [2.24, 2.45) is 4.99 Å². The number of amides is 1. The highest BCUT2D eigenvalue weighted by atomic mass is 35.5. The first-order valence-electron chi connectivity index (χ1n) is 11.9. The second kappa shape index (κ2) is 11.5. The molecule has 200 valence electrons. The third-order valence-corrected chi connectivity index (χ3v) is 7.42. The summed E-state index contributed by atoms with van der Waals surface area (Å²) in [7, 11) is 1.34. The van der Waals surface area contributed by atoms with Crippen molar-refractivity contribution in [2.75, 3.05) is 20.2 Å². The number of thiazole rings is 1. The quantitative estimate of drug-likeness (QED) is 0.409. The number of likely N-dealkylation sites (N-methyl/N-ethyl adjacent to an activating group) is 1. The van der Waals surface area contributed by atoms with E-state index in [0.717, 1.165) is 5.56 Å². The highest BCUT2D eigenvalue weighted by Gasteiger charge is 2.34. The average molecular weight is 562 g/mol. The minimum atomic E-state index is -3.00. The van der Waals surface area contributed by atoms with E-state index in [0.29, 0.717) is 44.3 Å². The molecule has 7 nitrogen and oxygen atoms in total. The molecule has 38 heavy (non-hydrogen) atoms. The lowest BCUT2D eigenvalue weighted by atomic mass is 9.94. The maximum atomic E-state index is 13.8. The van der Waals surface area contributed by atoms with Crippen molar-refractivity contribution >= 4 is 34.9 Å². The first-order chi connectivity index (χ1) is 18.2. The van der Waals surface area contributed by atoms with E-state index >= 15 is 0 Å². The summed E-state index contributed by atoms with van der Waals surface area (Å²) in [5, 5.41) is 0.534. The summed E-state index contributed by atoms with van der Waals surface area (Å²) in [5.74, 6) is -0.197. The Morgan fingerprint density at radius 2 is 1.87 bits per heavy atom. The number of halogens is 3. The summed E-state index contributed by atoms with van der Waals surface area (Å²) < 4.78 is 37.0. The Labute approximate surface area is 226 Å². The number of carbonyl (C=O) groups is 1. The number of fused-ring (bicyclic) bond motifs is 1. The van der Waals surface area contributed by atoms with Crippen LogP contribution in [0.2, 0.25) is 5.02 Å². The first kappa shape index (κ1) is 27.5. The van der Waals surface area contributed by atoms with Crippen molar-refractivity contribution in [1.82, 2.24) is 9.47 Å². The molecule has 1 atom stereocenters. The molecule has 0 radical (unpaired) electrons. The Morgan fingerprint density at radius 1 is 1.18 bits per heavy atom. The molecule has 3 aromatic rings. The predicted molar refractivity (Wildman–Crippen MR) is 143 cm³/mol. The van der Waals surface area contributed by atoms with Crippen molar-refractivity contribution in [3.05, 3.63) is 89.6 Å². The van der Waals surface area contributed by atoms with Gasteiger partial charge in [0.1, 0.15) is 0 Å². The van der Waals surface area contributed by atoms with Crippen LogP contribution in [0.5, 0.6) is 11.5 Å². The number of nitrogens with zero attached hydrogens (tertiary/aromatic N) is 3. The number of alkyl halides is 2. The van der Waals surface area contributed by atoms with Crippen LogP contribution >= 0.6 is 22.9 Å². The SMILES string of the molecule is CCN(CC)C(=O)C1=C(C)N=c2s/c(=C\c3ccc(OC(F)F)c(OC)c3)c(=O)n2[C@@H]1c1ccc(Cl)cc1. The molecule has 0 spiro atoms. The van der Waals surface area contributed by atoms with Gasteiger partial charge in [-0.15, -0.1) is 0 Å². The molecule has 4 rings (SSSR count). The fourth-order valence-corrected chi connectivity index (χ4v) is 5.53. The third kappa shape index (κ3) is 5.37. The average Bonchev–Trinajstić information content (AvgIpc) is 3.19. The second-order valence-corrected chi connectivity index (χ2v) is 9.85. The Morgan fingerprint density at radius 3 is 2.47 bits per heavy atom. The van der Waals surface area contributed by atoms with E-state index < -0.39 is 12.7 Å². The van der Waals surface area contributed by atoms with Crippen LogP contribution in [0.25, 0.3) is 6.08 Å². The number of ether oxygens (including phenoxy) is 2. The van der Waals surface area contributed by atoms with E-state index in [1.165, 1.54) is 35.1 Å². The van der Waals surface area contributed by atoms with Crippen LogP contribution < -0.4 is 24.4 Å². The number of carbonyl (C=O) groups excluding carboxylic acids is 1. The van der Waals surface area contributed by atoms with Crippen LogP contribution in [0, 0.1) is 0 Å². The fraction of sp³-hybridized carbons (Fsp3) is 0.296. The summed E-state index contributed by atoms with van der Waals surface area (Å²) in [6, 6.07) is 10.7. The largest absolute Gasteiger partial charge is 0.493 e. The van der Waals surface area contributed by atoms with E-state index in [4.69, 9.17) is 16.3 Å². The molecule has 1 aliphatic rings. The number of hydrogen-bond acceptors (Lipinski definition) is 6. The van der Waals surface area contributed by atoms with Crippen LogP contribution in [-0.2, 0) is 4.79 Å². The van der Waals surface area contributed by atoms with Gasteiger partial charge in [-0.25, -0.2) is 4.99 Å². The highest BCUT2D eigenvalue weighted by Crippen LogP contribution is 2.32. The molecule has 0 aliphatic carbocycles. The van der Waals surface area contributed by atoms with Crippen LogP contribution in [0.15, 0.2) is 63.5 Å². The molecule has 1 amide bonds. The standard InChI is InChI=1S/C27H26ClF2N3O4S/c1-5-32(6-2)25(35)22-15(3)31-27-33(23(22)17-8-10-18(28)11-9-17)24(34)21(38-27)14-16-7-12-19(37-26(29)30)20(13-16)36-4/h7-14,23,26H,5-6H2,1-4H3/b21-14-/t23-/m1/s1. The van der Waals surface area contributed by atoms with Gasteiger partial charge in [-0.1, -0.05) is 41.1 Å². The first-order valence-corrected chi connectivity index (χ1v) is 13.1. The van der Waals surface area contributed by atoms with Gasteiger partial charge in [-0.3, -0.25) is 14.2 Å². The smallest absolute Gasteiger partial charge is 0.387 e. The monoisotopic (exact) mass is 561 g/mol. The Hall–Kier alpha value is -3.50.